The van der Waals surface area contributed by atoms with Gasteiger partial charge < -0.3 is 14.2 Å². The van der Waals surface area contributed by atoms with Gasteiger partial charge in [0.1, 0.15) is 12.4 Å². The van der Waals surface area contributed by atoms with E-state index < -0.39 is 0 Å². The van der Waals surface area contributed by atoms with Crippen LogP contribution in [0.1, 0.15) is 48.7 Å². The Labute approximate surface area is 229 Å². The molecule has 4 rings (SSSR count). The molecule has 0 aliphatic carbocycles. The second-order valence-electron chi connectivity index (χ2n) is 8.61. The van der Waals surface area contributed by atoms with Crippen LogP contribution in [0, 0.1) is 11.3 Å². The number of fused-ring (bicyclic) bond motifs is 1. The summed E-state index contributed by atoms with van der Waals surface area (Å²) in [5.41, 5.74) is 2.30. The van der Waals surface area contributed by atoms with E-state index in [2.05, 4.69) is 27.1 Å². The Morgan fingerprint density at radius 1 is 1.13 bits per heavy atom. The van der Waals surface area contributed by atoms with Crippen molar-refractivity contribution in [3.63, 3.8) is 0 Å². The molecule has 1 atom stereocenters. The lowest BCUT2D eigenvalue weighted by Gasteiger charge is -2.16. The molecule has 38 heavy (non-hydrogen) atoms. The molecule has 0 saturated heterocycles. The Morgan fingerprint density at radius 2 is 1.84 bits per heavy atom. The minimum absolute atomic E-state index is 0.0176. The Kier molecular flexibility index (Phi) is 8.44. The van der Waals surface area contributed by atoms with Crippen LogP contribution >= 0.6 is 15.9 Å². The highest BCUT2D eigenvalue weighted by molar-refractivity contribution is 9.10. The van der Waals surface area contributed by atoms with E-state index in [0.717, 1.165) is 16.5 Å². The first-order chi connectivity index (χ1) is 18.4. The van der Waals surface area contributed by atoms with E-state index in [-0.39, 0.29) is 18.1 Å². The zero-order valence-corrected chi connectivity index (χ0v) is 23.2. The lowest BCUT2D eigenvalue weighted by molar-refractivity contribution is 0.265. The summed E-state index contributed by atoms with van der Waals surface area (Å²) in [6.45, 7) is 4.22. The second kappa shape index (κ2) is 11.9. The van der Waals surface area contributed by atoms with Gasteiger partial charge in [0.2, 0.25) is 5.75 Å². The molecule has 0 fully saturated rings. The highest BCUT2D eigenvalue weighted by Gasteiger charge is 2.17. The lowest BCUT2D eigenvalue weighted by atomic mass is 10.1. The summed E-state index contributed by atoms with van der Waals surface area (Å²) in [4.78, 5) is 18.2. The number of rotatable bonds is 9. The number of benzene rings is 3. The molecule has 0 saturated carbocycles. The van der Waals surface area contributed by atoms with Crippen molar-refractivity contribution in [1.82, 2.24) is 9.66 Å². The summed E-state index contributed by atoms with van der Waals surface area (Å²) in [6.07, 6.45) is 2.37. The predicted octanol–water partition coefficient (Wildman–Crippen LogP) is 6.02. The number of halogens is 1. The van der Waals surface area contributed by atoms with Gasteiger partial charge in [0.05, 0.1) is 43.0 Å². The summed E-state index contributed by atoms with van der Waals surface area (Å²) in [5.74, 6) is 1.85. The lowest BCUT2D eigenvalue weighted by Crippen LogP contribution is -2.23. The Balaban J connectivity index is 1.73. The number of aromatic nitrogens is 2. The third-order valence-electron chi connectivity index (χ3n) is 6.20. The van der Waals surface area contributed by atoms with Crippen molar-refractivity contribution in [1.29, 1.82) is 5.26 Å². The van der Waals surface area contributed by atoms with Crippen molar-refractivity contribution in [2.45, 2.75) is 32.8 Å². The minimum atomic E-state index is -0.252. The van der Waals surface area contributed by atoms with Crippen LogP contribution in [0.3, 0.4) is 0 Å². The van der Waals surface area contributed by atoms with E-state index in [0.29, 0.717) is 45.1 Å². The van der Waals surface area contributed by atoms with Gasteiger partial charge in [-0.25, -0.2) is 4.98 Å². The number of hydrogen-bond acceptors (Lipinski definition) is 7. The normalized spacial score (nSPS) is 11.9. The van der Waals surface area contributed by atoms with Crippen molar-refractivity contribution < 1.29 is 14.2 Å². The SMILES string of the molecule is CC[C@H](C)c1nc2ccc(Br)cc2c(=O)n1N=Cc1cc(OC)c(OCc2ccccc2C#N)c(OC)c1. The first-order valence-corrected chi connectivity index (χ1v) is 12.8. The van der Waals surface area contributed by atoms with Gasteiger partial charge in [0.15, 0.2) is 11.5 Å². The van der Waals surface area contributed by atoms with Crippen LogP contribution < -0.4 is 19.8 Å². The van der Waals surface area contributed by atoms with Gasteiger partial charge in [0, 0.05) is 21.5 Å². The molecule has 3 aromatic carbocycles. The van der Waals surface area contributed by atoms with Crippen LogP contribution in [0.25, 0.3) is 10.9 Å². The van der Waals surface area contributed by atoms with Gasteiger partial charge in [-0.1, -0.05) is 48.0 Å². The summed E-state index contributed by atoms with van der Waals surface area (Å²) in [6, 6.07) is 18.3. The summed E-state index contributed by atoms with van der Waals surface area (Å²) in [5, 5.41) is 14.4. The Hall–Kier alpha value is -4.16. The number of hydrogen-bond donors (Lipinski definition) is 0. The van der Waals surface area contributed by atoms with Crippen molar-refractivity contribution in [2.24, 2.45) is 5.10 Å². The number of methoxy groups -OCH3 is 2. The summed E-state index contributed by atoms with van der Waals surface area (Å²) >= 11 is 3.43. The first-order valence-electron chi connectivity index (χ1n) is 12.0. The van der Waals surface area contributed by atoms with Gasteiger partial charge in [-0.15, -0.1) is 0 Å². The van der Waals surface area contributed by atoms with Gasteiger partial charge in [-0.05, 0) is 42.8 Å². The zero-order valence-electron chi connectivity index (χ0n) is 21.6. The van der Waals surface area contributed by atoms with Crippen LogP contribution in [0.5, 0.6) is 17.2 Å². The predicted molar refractivity (Wildman–Crippen MR) is 150 cm³/mol. The molecule has 0 aliphatic heterocycles. The molecule has 0 aliphatic rings. The number of nitriles is 1. The molecule has 1 aromatic heterocycles. The second-order valence-corrected chi connectivity index (χ2v) is 9.53. The first kappa shape index (κ1) is 26.9. The fraction of sp³-hybridized carbons (Fsp3) is 0.241. The minimum Gasteiger partial charge on any atom is -0.493 e. The standard InChI is InChI=1S/C29H27BrN4O4/c1-5-18(2)28-33-24-11-10-22(30)14-23(24)29(35)34(28)32-16-19-12-25(36-3)27(26(13-19)37-4)38-17-21-9-7-6-8-20(21)15-31/h6-14,16,18H,5,17H2,1-4H3/t18-/m0/s1. The van der Waals surface area contributed by atoms with E-state index >= 15 is 0 Å². The summed E-state index contributed by atoms with van der Waals surface area (Å²) in [7, 11) is 3.06. The topological polar surface area (TPSA) is 98.7 Å². The van der Waals surface area contributed by atoms with Gasteiger partial charge >= 0.3 is 0 Å². The largest absolute Gasteiger partial charge is 0.493 e. The van der Waals surface area contributed by atoms with Crippen LogP contribution in [0.2, 0.25) is 0 Å². The number of ether oxygens (including phenoxy) is 3. The highest BCUT2D eigenvalue weighted by atomic mass is 79.9. The molecular formula is C29H27BrN4O4. The third kappa shape index (κ3) is 5.55. The Bertz CT molecular complexity index is 1580. The maximum atomic E-state index is 13.4. The molecule has 0 radical (unpaired) electrons. The molecule has 4 aromatic rings. The van der Waals surface area contributed by atoms with Crippen molar-refractivity contribution in [3.05, 3.63) is 91.9 Å². The Morgan fingerprint density at radius 3 is 2.50 bits per heavy atom. The van der Waals surface area contributed by atoms with E-state index in [1.54, 1.807) is 36.5 Å². The fourth-order valence-electron chi connectivity index (χ4n) is 3.93. The molecule has 0 spiro atoms. The molecule has 0 unspecified atom stereocenters. The fourth-order valence-corrected chi connectivity index (χ4v) is 4.29. The van der Waals surface area contributed by atoms with Crippen molar-refractivity contribution >= 4 is 33.0 Å². The molecule has 0 N–H and O–H groups in total. The van der Waals surface area contributed by atoms with Crippen LogP contribution in [-0.4, -0.2) is 30.1 Å². The molecule has 194 valence electrons. The van der Waals surface area contributed by atoms with E-state index in [1.165, 1.54) is 18.9 Å². The average molecular weight is 575 g/mol. The maximum absolute atomic E-state index is 13.4. The third-order valence-corrected chi connectivity index (χ3v) is 6.69. The smallest absolute Gasteiger partial charge is 0.282 e. The van der Waals surface area contributed by atoms with Gasteiger partial charge in [-0.3, -0.25) is 4.79 Å². The van der Waals surface area contributed by atoms with E-state index in [9.17, 15) is 10.1 Å². The van der Waals surface area contributed by atoms with Gasteiger partial charge in [0.25, 0.3) is 5.56 Å². The molecule has 1 heterocycles. The maximum Gasteiger partial charge on any atom is 0.282 e. The van der Waals surface area contributed by atoms with Gasteiger partial charge in [-0.2, -0.15) is 15.0 Å². The molecule has 0 amide bonds. The van der Waals surface area contributed by atoms with Crippen LogP contribution in [0.4, 0.5) is 0 Å². The molecule has 8 nitrogen and oxygen atoms in total. The van der Waals surface area contributed by atoms with E-state index in [4.69, 9.17) is 19.2 Å². The van der Waals surface area contributed by atoms with Crippen LogP contribution in [-0.2, 0) is 6.61 Å². The van der Waals surface area contributed by atoms with Crippen molar-refractivity contribution in [2.75, 3.05) is 14.2 Å². The van der Waals surface area contributed by atoms with Crippen molar-refractivity contribution in [3.8, 4) is 23.3 Å². The zero-order chi connectivity index (χ0) is 27.2. The number of nitrogens with zero attached hydrogens (tertiary/aromatic N) is 4. The monoisotopic (exact) mass is 574 g/mol. The molecule has 0 bridgehead atoms. The molecular weight excluding hydrogens is 548 g/mol. The van der Waals surface area contributed by atoms with E-state index in [1.807, 2.05) is 38.1 Å². The summed E-state index contributed by atoms with van der Waals surface area (Å²) < 4.78 is 19.3. The van der Waals surface area contributed by atoms with Crippen LogP contribution in [0.15, 0.2) is 69.0 Å². The highest BCUT2D eigenvalue weighted by Crippen LogP contribution is 2.39. The molecule has 9 heteroatoms. The quantitative estimate of drug-likeness (QED) is 0.226. The average Bonchev–Trinajstić information content (AvgIpc) is 2.95.